The molecule has 0 bridgehead atoms. The summed E-state index contributed by atoms with van der Waals surface area (Å²) in [6.07, 6.45) is 6.16. The Morgan fingerprint density at radius 2 is 2.00 bits per heavy atom. The number of hydrogen-bond donors (Lipinski definition) is 1. The fourth-order valence-electron chi connectivity index (χ4n) is 4.81. The summed E-state index contributed by atoms with van der Waals surface area (Å²) in [5, 5.41) is 4.18. The minimum Gasteiger partial charge on any atom is -0.482 e. The molecule has 2 atom stereocenters. The van der Waals surface area contributed by atoms with Gasteiger partial charge in [0, 0.05) is 29.6 Å². The number of halogens is 1. The van der Waals surface area contributed by atoms with E-state index in [-0.39, 0.29) is 18.1 Å². The molecule has 0 saturated carbocycles. The first kappa shape index (κ1) is 21.2. The molecule has 1 N–H and O–H groups in total. The smallest absolute Gasteiger partial charge is 0.339 e. The Kier molecular flexibility index (Phi) is 6.34. The highest BCUT2D eigenvalue weighted by molar-refractivity contribution is 6.32. The monoisotopic (exact) mass is 432 g/mol. The summed E-state index contributed by atoms with van der Waals surface area (Å²) >= 11 is 6.34. The molecule has 6 nitrogen and oxygen atoms in total. The molecule has 2 unspecified atom stereocenters. The van der Waals surface area contributed by atoms with Crippen LogP contribution in [0.15, 0.2) is 21.3 Å². The number of amides is 1. The third kappa shape index (κ3) is 4.35. The quantitative estimate of drug-likeness (QED) is 0.727. The molecule has 3 heterocycles. The average Bonchev–Trinajstić information content (AvgIpc) is 2.75. The van der Waals surface area contributed by atoms with Crippen molar-refractivity contribution in [3.63, 3.8) is 0 Å². The molecular weight excluding hydrogens is 404 g/mol. The average molecular weight is 433 g/mol. The predicted molar refractivity (Wildman–Crippen MR) is 117 cm³/mol. The largest absolute Gasteiger partial charge is 0.482 e. The van der Waals surface area contributed by atoms with Gasteiger partial charge < -0.3 is 19.4 Å². The molecule has 4 rings (SSSR count). The van der Waals surface area contributed by atoms with Crippen molar-refractivity contribution in [3.05, 3.63) is 38.7 Å². The van der Waals surface area contributed by atoms with Gasteiger partial charge in [0.1, 0.15) is 11.3 Å². The van der Waals surface area contributed by atoms with Gasteiger partial charge in [-0.2, -0.15) is 0 Å². The van der Waals surface area contributed by atoms with Gasteiger partial charge in [-0.3, -0.25) is 4.79 Å². The van der Waals surface area contributed by atoms with E-state index in [1.807, 2.05) is 6.92 Å². The van der Waals surface area contributed by atoms with Gasteiger partial charge in [-0.25, -0.2) is 4.79 Å². The molecule has 2 aromatic rings. The van der Waals surface area contributed by atoms with E-state index >= 15 is 0 Å². The molecule has 1 aromatic carbocycles. The first-order chi connectivity index (χ1) is 14.4. The molecule has 1 amide bonds. The van der Waals surface area contributed by atoms with E-state index in [4.69, 9.17) is 20.8 Å². The molecule has 1 aromatic heterocycles. The van der Waals surface area contributed by atoms with Crippen LogP contribution in [-0.2, 0) is 4.79 Å². The van der Waals surface area contributed by atoms with Crippen molar-refractivity contribution in [2.24, 2.45) is 5.92 Å². The van der Waals surface area contributed by atoms with E-state index in [9.17, 15) is 9.59 Å². The van der Waals surface area contributed by atoms with Crippen LogP contribution < -0.4 is 15.7 Å². The highest BCUT2D eigenvalue weighted by Gasteiger charge is 2.32. The summed E-state index contributed by atoms with van der Waals surface area (Å²) in [6.45, 7) is 6.52. The SMILES string of the molecule is Cc1c(C)c2cc(Cl)c(OCC(=O)NCC3CCCN4CCCCC34)cc2oc1=O. The van der Waals surface area contributed by atoms with E-state index in [1.165, 1.54) is 38.8 Å². The van der Waals surface area contributed by atoms with Gasteiger partial charge in [-0.15, -0.1) is 0 Å². The topological polar surface area (TPSA) is 71.8 Å². The molecule has 0 radical (unpaired) electrons. The Hall–Kier alpha value is -2.05. The van der Waals surface area contributed by atoms with E-state index < -0.39 is 0 Å². The summed E-state index contributed by atoms with van der Waals surface area (Å²) in [5.41, 5.74) is 1.42. The zero-order valence-corrected chi connectivity index (χ0v) is 18.4. The Labute approximate surface area is 181 Å². The van der Waals surface area contributed by atoms with Crippen LogP contribution in [0.3, 0.4) is 0 Å². The molecule has 2 aliphatic rings. The third-order valence-corrected chi connectivity index (χ3v) is 6.95. The highest BCUT2D eigenvalue weighted by Crippen LogP contribution is 2.32. The number of ether oxygens (including phenoxy) is 1. The molecule has 0 spiro atoms. The van der Waals surface area contributed by atoms with Crippen LogP contribution in [-0.4, -0.2) is 43.1 Å². The maximum atomic E-state index is 12.4. The lowest BCUT2D eigenvalue weighted by molar-refractivity contribution is -0.123. The number of hydrogen-bond acceptors (Lipinski definition) is 5. The van der Waals surface area contributed by atoms with Gasteiger partial charge in [-0.05, 0) is 70.2 Å². The van der Waals surface area contributed by atoms with Crippen LogP contribution in [0.2, 0.25) is 5.02 Å². The number of carbonyl (C=O) groups is 1. The Morgan fingerprint density at radius 1 is 1.20 bits per heavy atom. The van der Waals surface area contributed by atoms with Crippen molar-refractivity contribution < 1.29 is 13.9 Å². The van der Waals surface area contributed by atoms with Crippen molar-refractivity contribution in [1.82, 2.24) is 10.2 Å². The second kappa shape index (κ2) is 8.98. The number of carbonyl (C=O) groups excluding carboxylic acids is 1. The van der Waals surface area contributed by atoms with E-state index in [0.29, 0.717) is 40.4 Å². The van der Waals surface area contributed by atoms with Gasteiger partial charge >= 0.3 is 5.63 Å². The summed E-state index contributed by atoms with van der Waals surface area (Å²) in [5.74, 6) is 0.676. The molecular formula is C23H29ClN2O4. The lowest BCUT2D eigenvalue weighted by atomic mass is 9.83. The van der Waals surface area contributed by atoms with Crippen molar-refractivity contribution in [1.29, 1.82) is 0 Å². The van der Waals surface area contributed by atoms with E-state index in [2.05, 4.69) is 10.2 Å². The van der Waals surface area contributed by atoms with E-state index in [1.54, 1.807) is 19.1 Å². The lowest BCUT2D eigenvalue weighted by Gasteiger charge is -2.44. The van der Waals surface area contributed by atoms with Gasteiger partial charge in [0.25, 0.3) is 5.91 Å². The fourth-order valence-corrected chi connectivity index (χ4v) is 5.03. The number of piperidine rings is 2. The van der Waals surface area contributed by atoms with Crippen molar-refractivity contribution in [2.75, 3.05) is 26.2 Å². The van der Waals surface area contributed by atoms with Crippen molar-refractivity contribution >= 4 is 28.5 Å². The Bertz CT molecular complexity index is 1000. The number of nitrogens with one attached hydrogen (secondary N) is 1. The van der Waals surface area contributed by atoms with Crippen LogP contribution in [0.1, 0.15) is 43.2 Å². The fraction of sp³-hybridized carbons (Fsp3) is 0.565. The number of aryl methyl sites for hydroxylation is 1. The third-order valence-electron chi connectivity index (χ3n) is 6.66. The van der Waals surface area contributed by atoms with Crippen LogP contribution in [0.5, 0.6) is 5.75 Å². The second-order valence-corrected chi connectivity index (χ2v) is 8.92. The normalized spacial score (nSPS) is 22.0. The molecule has 2 fully saturated rings. The minimum atomic E-state index is -0.379. The van der Waals surface area contributed by atoms with Crippen LogP contribution in [0.25, 0.3) is 11.0 Å². The lowest BCUT2D eigenvalue weighted by Crippen LogP contribution is -2.51. The zero-order valence-electron chi connectivity index (χ0n) is 17.6. The Balaban J connectivity index is 1.36. The first-order valence-electron chi connectivity index (χ1n) is 10.8. The maximum absolute atomic E-state index is 12.4. The first-order valence-corrected chi connectivity index (χ1v) is 11.2. The molecule has 2 saturated heterocycles. The van der Waals surface area contributed by atoms with Crippen molar-refractivity contribution in [2.45, 2.75) is 52.0 Å². The standard InChI is InChI=1S/C23H29ClN2O4/c1-14-15(2)23(28)30-20-11-21(18(24)10-17(14)20)29-13-22(27)25-12-16-6-5-9-26-8-4-3-7-19(16)26/h10-11,16,19H,3-9,12-13H2,1-2H3,(H,25,27). The summed E-state index contributed by atoms with van der Waals surface area (Å²) < 4.78 is 11.0. The van der Waals surface area contributed by atoms with Gasteiger partial charge in [0.2, 0.25) is 0 Å². The predicted octanol–water partition coefficient (Wildman–Crippen LogP) is 3.82. The maximum Gasteiger partial charge on any atom is 0.339 e. The summed E-state index contributed by atoms with van der Waals surface area (Å²) in [7, 11) is 0. The second-order valence-electron chi connectivity index (χ2n) is 8.51. The number of benzene rings is 1. The minimum absolute atomic E-state index is 0.124. The van der Waals surface area contributed by atoms with Crippen molar-refractivity contribution in [3.8, 4) is 5.75 Å². The summed E-state index contributed by atoms with van der Waals surface area (Å²) in [4.78, 5) is 26.9. The van der Waals surface area contributed by atoms with Gasteiger partial charge in [-0.1, -0.05) is 18.0 Å². The van der Waals surface area contributed by atoms with E-state index in [0.717, 1.165) is 17.4 Å². The number of nitrogens with zero attached hydrogens (tertiary/aromatic N) is 1. The van der Waals surface area contributed by atoms with Crippen LogP contribution in [0, 0.1) is 19.8 Å². The molecule has 30 heavy (non-hydrogen) atoms. The van der Waals surface area contributed by atoms with Crippen LogP contribution in [0.4, 0.5) is 0 Å². The zero-order chi connectivity index (χ0) is 21.3. The van der Waals surface area contributed by atoms with Gasteiger partial charge in [0.05, 0.1) is 5.02 Å². The van der Waals surface area contributed by atoms with Gasteiger partial charge in [0.15, 0.2) is 6.61 Å². The number of fused-ring (bicyclic) bond motifs is 2. The molecule has 162 valence electrons. The molecule has 0 aliphatic carbocycles. The Morgan fingerprint density at radius 3 is 2.83 bits per heavy atom. The molecule has 2 aliphatic heterocycles. The number of rotatable bonds is 5. The summed E-state index contributed by atoms with van der Waals surface area (Å²) in [6, 6.07) is 3.90. The highest BCUT2D eigenvalue weighted by atomic mass is 35.5. The molecule has 7 heteroatoms. The van der Waals surface area contributed by atoms with Crippen LogP contribution >= 0.6 is 11.6 Å².